The third-order valence-corrected chi connectivity index (χ3v) is 10.7. The molecular formula is C40H33N3O5S2. The molecule has 1 unspecified atom stereocenters. The van der Waals surface area contributed by atoms with Crippen LogP contribution in [0.3, 0.4) is 0 Å². The van der Waals surface area contributed by atoms with Gasteiger partial charge in [-0.1, -0.05) is 102 Å². The van der Waals surface area contributed by atoms with Crippen LogP contribution in [0.2, 0.25) is 0 Å². The van der Waals surface area contributed by atoms with E-state index in [9.17, 15) is 14.7 Å². The van der Waals surface area contributed by atoms with E-state index in [2.05, 4.69) is 34.5 Å². The molecule has 8 nitrogen and oxygen atoms in total. The first-order valence-electron chi connectivity index (χ1n) is 16.2. The highest BCUT2D eigenvalue weighted by atomic mass is 32.2. The second-order valence-electron chi connectivity index (χ2n) is 11.7. The lowest BCUT2D eigenvalue weighted by atomic mass is 9.95. The predicted molar refractivity (Wildman–Crippen MR) is 198 cm³/mol. The number of Topliss-reactive ketones (excluding diaryl/α,β-unsaturated/α-hetero) is 1. The molecule has 0 radical (unpaired) electrons. The van der Waals surface area contributed by atoms with Crippen LogP contribution in [-0.2, 0) is 21.9 Å². The quantitative estimate of drug-likeness (QED) is 0.0471. The predicted octanol–water partition coefficient (Wildman–Crippen LogP) is 8.90. The number of benzene rings is 5. The van der Waals surface area contributed by atoms with Gasteiger partial charge < -0.3 is 14.6 Å². The number of hydrogen-bond donors (Lipinski definition) is 1. The topological polar surface area (TPSA) is 102 Å². The van der Waals surface area contributed by atoms with E-state index in [0.717, 1.165) is 22.1 Å². The molecule has 0 bridgehead atoms. The van der Waals surface area contributed by atoms with Crippen LogP contribution < -0.4 is 14.4 Å². The molecule has 1 fully saturated rings. The molecule has 1 aromatic heterocycles. The molecular weight excluding hydrogens is 667 g/mol. The number of amides is 1. The lowest BCUT2D eigenvalue weighted by Crippen LogP contribution is -2.29. The van der Waals surface area contributed by atoms with Gasteiger partial charge in [0.05, 0.1) is 18.2 Å². The smallest absolute Gasteiger partial charge is 0.301 e. The zero-order valence-corrected chi connectivity index (χ0v) is 29.0. The molecule has 0 aliphatic carbocycles. The molecule has 0 saturated carbocycles. The Kier molecular flexibility index (Phi) is 9.64. The fourth-order valence-electron chi connectivity index (χ4n) is 5.97. The third-order valence-electron chi connectivity index (χ3n) is 8.57. The number of aliphatic hydroxyl groups excluding tert-OH is 1. The number of hydrogen-bond acceptors (Lipinski definition) is 9. The largest absolute Gasteiger partial charge is 0.507 e. The summed E-state index contributed by atoms with van der Waals surface area (Å²) in [5.41, 5.74) is 4.32. The Bertz CT molecular complexity index is 2210. The van der Waals surface area contributed by atoms with Crippen molar-refractivity contribution < 1.29 is 24.2 Å². The van der Waals surface area contributed by atoms with E-state index in [4.69, 9.17) is 9.47 Å². The van der Waals surface area contributed by atoms with Crippen LogP contribution >= 0.6 is 23.1 Å². The fourth-order valence-corrected chi connectivity index (χ4v) is 7.84. The maximum atomic E-state index is 13.8. The van der Waals surface area contributed by atoms with E-state index in [0.29, 0.717) is 45.9 Å². The summed E-state index contributed by atoms with van der Waals surface area (Å²) in [6, 6.07) is 35.5. The van der Waals surface area contributed by atoms with Crippen molar-refractivity contribution in [2.45, 2.75) is 36.6 Å². The highest BCUT2D eigenvalue weighted by Gasteiger charge is 2.48. The normalized spacial score (nSPS) is 15.5. The van der Waals surface area contributed by atoms with Crippen LogP contribution in [0.5, 0.6) is 11.5 Å². The van der Waals surface area contributed by atoms with E-state index in [1.54, 1.807) is 48.5 Å². The van der Waals surface area contributed by atoms with Gasteiger partial charge in [-0.25, -0.2) is 0 Å². The first kappa shape index (κ1) is 33.1. The average Bonchev–Trinajstić information content (AvgIpc) is 3.72. The molecule has 2 heterocycles. The second kappa shape index (κ2) is 14.6. The standard InChI is InChI=1S/C40H33N3O5S2/c1-3-47-31-19-15-27(16-20-31)35-34(36(44)28-17-21-32(22-18-28)48-23-29-11-5-4-9-25(29)2)37(45)38(46)43(35)39-41-42-40(50-39)49-24-30-13-8-12-26-10-6-7-14-33(26)30/h4-22,35,44H,3,23-24H2,1-2H3. The van der Waals surface area contributed by atoms with Crippen molar-refractivity contribution in [1.82, 2.24) is 10.2 Å². The first-order valence-corrected chi connectivity index (χ1v) is 18.0. The number of nitrogens with zero attached hydrogens (tertiary/aromatic N) is 3. The van der Waals surface area contributed by atoms with Crippen molar-refractivity contribution in [2.75, 3.05) is 11.5 Å². The van der Waals surface area contributed by atoms with Crippen molar-refractivity contribution in [3.63, 3.8) is 0 Å². The summed E-state index contributed by atoms with van der Waals surface area (Å²) in [7, 11) is 0. The molecule has 10 heteroatoms. The summed E-state index contributed by atoms with van der Waals surface area (Å²) < 4.78 is 12.3. The lowest BCUT2D eigenvalue weighted by Gasteiger charge is -2.22. The maximum Gasteiger partial charge on any atom is 0.301 e. The number of ketones is 1. The Balaban J connectivity index is 1.19. The minimum Gasteiger partial charge on any atom is -0.507 e. The Labute approximate surface area is 298 Å². The monoisotopic (exact) mass is 699 g/mol. The Morgan fingerprint density at radius 3 is 2.28 bits per heavy atom. The number of aliphatic hydroxyl groups is 1. The van der Waals surface area contributed by atoms with Crippen molar-refractivity contribution in [2.24, 2.45) is 0 Å². The van der Waals surface area contributed by atoms with Gasteiger partial charge in [0.1, 0.15) is 23.9 Å². The number of aromatic nitrogens is 2. The first-order chi connectivity index (χ1) is 24.4. The van der Waals surface area contributed by atoms with E-state index in [1.807, 2.05) is 56.3 Å². The lowest BCUT2D eigenvalue weighted by molar-refractivity contribution is -0.132. The van der Waals surface area contributed by atoms with Gasteiger partial charge >= 0.3 is 5.91 Å². The average molecular weight is 700 g/mol. The highest BCUT2D eigenvalue weighted by Crippen LogP contribution is 2.44. The number of fused-ring (bicyclic) bond motifs is 1. The number of carbonyl (C=O) groups excluding carboxylic acids is 2. The molecule has 1 aliphatic heterocycles. The summed E-state index contributed by atoms with van der Waals surface area (Å²) >= 11 is 2.75. The van der Waals surface area contributed by atoms with Gasteiger partial charge in [0.25, 0.3) is 5.78 Å². The molecule has 50 heavy (non-hydrogen) atoms. The zero-order valence-electron chi connectivity index (χ0n) is 27.4. The van der Waals surface area contributed by atoms with Gasteiger partial charge in [0, 0.05) is 11.3 Å². The van der Waals surface area contributed by atoms with Crippen LogP contribution in [-0.4, -0.2) is 33.6 Å². The number of carbonyl (C=O) groups is 2. The molecule has 1 saturated heterocycles. The van der Waals surface area contributed by atoms with Gasteiger partial charge in [0.15, 0.2) is 4.34 Å². The van der Waals surface area contributed by atoms with Crippen LogP contribution in [0, 0.1) is 6.92 Å². The number of ether oxygens (including phenoxy) is 2. The number of thioether (sulfide) groups is 1. The Morgan fingerprint density at radius 1 is 0.820 bits per heavy atom. The van der Waals surface area contributed by atoms with Crippen molar-refractivity contribution in [3.05, 3.63) is 149 Å². The van der Waals surface area contributed by atoms with Gasteiger partial charge in [-0.05, 0) is 83.3 Å². The minimum absolute atomic E-state index is 0.0344. The summed E-state index contributed by atoms with van der Waals surface area (Å²) in [4.78, 5) is 28.8. The molecule has 250 valence electrons. The fraction of sp³-hybridized carbons (Fsp3) is 0.150. The SMILES string of the molecule is CCOc1ccc(C2C(=C(O)c3ccc(OCc4ccccc4C)cc3)C(=O)C(=O)N2c2nnc(SCc3cccc4ccccc34)s2)cc1. The van der Waals surface area contributed by atoms with Crippen molar-refractivity contribution in [1.29, 1.82) is 0 Å². The van der Waals surface area contributed by atoms with Crippen molar-refractivity contribution >= 4 is 56.5 Å². The second-order valence-corrected chi connectivity index (χ2v) is 13.9. The van der Waals surface area contributed by atoms with Crippen LogP contribution in [0.1, 0.15) is 40.8 Å². The molecule has 1 atom stereocenters. The minimum atomic E-state index is -0.938. The summed E-state index contributed by atoms with van der Waals surface area (Å²) in [6.07, 6.45) is 0. The molecule has 6 aromatic rings. The Morgan fingerprint density at radius 2 is 1.50 bits per heavy atom. The zero-order chi connectivity index (χ0) is 34.6. The third kappa shape index (κ3) is 6.72. The van der Waals surface area contributed by atoms with Gasteiger partial charge in [-0.2, -0.15) is 0 Å². The number of anilines is 1. The number of aryl methyl sites for hydroxylation is 1. The highest BCUT2D eigenvalue weighted by molar-refractivity contribution is 8.00. The molecule has 0 spiro atoms. The van der Waals surface area contributed by atoms with Crippen molar-refractivity contribution in [3.8, 4) is 11.5 Å². The molecule has 1 N–H and O–H groups in total. The maximum absolute atomic E-state index is 13.8. The molecule has 1 aliphatic rings. The van der Waals surface area contributed by atoms with Crippen LogP contribution in [0.25, 0.3) is 16.5 Å². The summed E-state index contributed by atoms with van der Waals surface area (Å²) in [5.74, 6) is 0.0344. The Hall–Kier alpha value is -5.45. The van der Waals surface area contributed by atoms with E-state index < -0.39 is 17.7 Å². The van der Waals surface area contributed by atoms with Crippen LogP contribution in [0.4, 0.5) is 5.13 Å². The molecule has 7 rings (SSSR count). The van der Waals surface area contributed by atoms with Gasteiger partial charge in [-0.3, -0.25) is 14.5 Å². The molecule has 1 amide bonds. The molecule has 5 aromatic carbocycles. The van der Waals surface area contributed by atoms with E-state index >= 15 is 0 Å². The summed E-state index contributed by atoms with van der Waals surface area (Å²) in [6.45, 7) is 4.81. The number of rotatable bonds is 11. The van der Waals surface area contributed by atoms with Gasteiger partial charge in [0.2, 0.25) is 5.13 Å². The van der Waals surface area contributed by atoms with E-state index in [-0.39, 0.29) is 16.5 Å². The van der Waals surface area contributed by atoms with E-state index in [1.165, 1.54) is 33.4 Å². The van der Waals surface area contributed by atoms with Crippen LogP contribution in [0.15, 0.2) is 125 Å². The van der Waals surface area contributed by atoms with Gasteiger partial charge in [-0.15, -0.1) is 10.2 Å². The summed E-state index contributed by atoms with van der Waals surface area (Å²) in [5, 5.41) is 23.0.